The molecule has 2 amide bonds. The molecule has 1 aliphatic heterocycles. The molecular formula is C18H30N4O4. The molecule has 0 saturated carbocycles. The molecule has 146 valence electrons. The summed E-state index contributed by atoms with van der Waals surface area (Å²) in [6, 6.07) is -0.193. The molecule has 1 aromatic rings. The van der Waals surface area contributed by atoms with Crippen LogP contribution in [0, 0.1) is 6.92 Å². The SMILES string of the molecule is CCc1[nH]c(C(=O)N[C@@H]2CCN(C(=O)OC(C)(C)C)C[C@@H]2OC)nc1C. The summed E-state index contributed by atoms with van der Waals surface area (Å²) in [6.45, 7) is 10.3. The summed E-state index contributed by atoms with van der Waals surface area (Å²) in [5, 5.41) is 2.97. The number of carbonyl (C=O) groups is 2. The fourth-order valence-electron chi connectivity index (χ4n) is 3.00. The number of nitrogens with zero attached hydrogens (tertiary/aromatic N) is 2. The number of hydrogen-bond donors (Lipinski definition) is 2. The van der Waals surface area contributed by atoms with Crippen molar-refractivity contribution in [2.45, 2.75) is 65.2 Å². The molecule has 2 rings (SSSR count). The van der Waals surface area contributed by atoms with Crippen LogP contribution in [-0.2, 0) is 15.9 Å². The van der Waals surface area contributed by atoms with Crippen LogP contribution in [0.1, 0.15) is 56.1 Å². The third-order valence-corrected chi connectivity index (χ3v) is 4.38. The summed E-state index contributed by atoms with van der Waals surface area (Å²) in [6.07, 6.45) is 0.714. The second-order valence-corrected chi connectivity index (χ2v) is 7.57. The van der Waals surface area contributed by atoms with E-state index in [0.29, 0.717) is 25.3 Å². The van der Waals surface area contributed by atoms with Crippen LogP contribution in [0.2, 0.25) is 0 Å². The highest BCUT2D eigenvalue weighted by Gasteiger charge is 2.35. The average Bonchev–Trinajstić information content (AvgIpc) is 2.94. The van der Waals surface area contributed by atoms with E-state index in [1.165, 1.54) is 0 Å². The Kier molecular flexibility index (Phi) is 6.28. The van der Waals surface area contributed by atoms with Crippen LogP contribution < -0.4 is 5.32 Å². The molecule has 0 radical (unpaired) electrons. The van der Waals surface area contributed by atoms with Crippen LogP contribution in [-0.4, -0.2) is 64.8 Å². The summed E-state index contributed by atoms with van der Waals surface area (Å²) in [5.74, 6) is 0.0503. The van der Waals surface area contributed by atoms with E-state index < -0.39 is 5.60 Å². The van der Waals surface area contributed by atoms with Crippen LogP contribution in [0.25, 0.3) is 0 Å². The minimum Gasteiger partial charge on any atom is -0.444 e. The van der Waals surface area contributed by atoms with Crippen LogP contribution in [0.15, 0.2) is 0 Å². The van der Waals surface area contributed by atoms with Gasteiger partial charge >= 0.3 is 6.09 Å². The van der Waals surface area contributed by atoms with Gasteiger partial charge in [0.1, 0.15) is 5.60 Å². The standard InChI is InChI=1S/C18H30N4O4/c1-7-12-11(2)19-15(20-12)16(23)21-13-8-9-22(10-14(13)25-6)17(24)26-18(3,4)5/h13-14H,7-10H2,1-6H3,(H,19,20)(H,21,23)/t13-,14+/m1/s1. The average molecular weight is 366 g/mol. The monoisotopic (exact) mass is 366 g/mol. The highest BCUT2D eigenvalue weighted by Crippen LogP contribution is 2.18. The number of ether oxygens (including phenoxy) is 2. The molecular weight excluding hydrogens is 336 g/mol. The lowest BCUT2D eigenvalue weighted by Crippen LogP contribution is -2.56. The second kappa shape index (κ2) is 8.07. The van der Waals surface area contributed by atoms with Crippen LogP contribution in [0.4, 0.5) is 4.79 Å². The Balaban J connectivity index is 1.98. The zero-order valence-electron chi connectivity index (χ0n) is 16.5. The van der Waals surface area contributed by atoms with Crippen molar-refractivity contribution in [2.75, 3.05) is 20.2 Å². The van der Waals surface area contributed by atoms with Crippen molar-refractivity contribution in [3.63, 3.8) is 0 Å². The van der Waals surface area contributed by atoms with Gasteiger partial charge in [-0.3, -0.25) is 4.79 Å². The molecule has 0 unspecified atom stereocenters. The largest absolute Gasteiger partial charge is 0.444 e. The Morgan fingerprint density at radius 1 is 1.38 bits per heavy atom. The van der Waals surface area contributed by atoms with E-state index in [1.807, 2.05) is 34.6 Å². The molecule has 0 spiro atoms. The minimum absolute atomic E-state index is 0.193. The molecule has 0 aliphatic carbocycles. The first-order chi connectivity index (χ1) is 12.1. The summed E-state index contributed by atoms with van der Waals surface area (Å²) in [5.41, 5.74) is 1.25. The van der Waals surface area contributed by atoms with Gasteiger partial charge in [0, 0.05) is 19.3 Å². The van der Waals surface area contributed by atoms with Crippen molar-refractivity contribution in [2.24, 2.45) is 0 Å². The molecule has 1 fully saturated rings. The maximum atomic E-state index is 12.5. The van der Waals surface area contributed by atoms with Crippen molar-refractivity contribution >= 4 is 12.0 Å². The first-order valence-electron chi connectivity index (χ1n) is 9.01. The number of carbonyl (C=O) groups excluding carboxylic acids is 2. The first kappa shape index (κ1) is 20.2. The Morgan fingerprint density at radius 2 is 2.08 bits per heavy atom. The van der Waals surface area contributed by atoms with Gasteiger partial charge in [-0.2, -0.15) is 0 Å². The minimum atomic E-state index is -0.543. The number of nitrogens with one attached hydrogen (secondary N) is 2. The number of aromatic amines is 1. The molecule has 8 nitrogen and oxygen atoms in total. The lowest BCUT2D eigenvalue weighted by molar-refractivity contribution is -0.0172. The third kappa shape index (κ3) is 4.97. The lowest BCUT2D eigenvalue weighted by Gasteiger charge is -2.38. The van der Waals surface area contributed by atoms with Gasteiger partial charge in [-0.15, -0.1) is 0 Å². The quantitative estimate of drug-likeness (QED) is 0.850. The van der Waals surface area contributed by atoms with Crippen LogP contribution in [0.3, 0.4) is 0 Å². The molecule has 1 saturated heterocycles. The summed E-state index contributed by atoms with van der Waals surface area (Å²) in [4.78, 5) is 33.7. The van der Waals surface area contributed by atoms with Gasteiger partial charge in [0.2, 0.25) is 0 Å². The highest BCUT2D eigenvalue weighted by atomic mass is 16.6. The maximum absolute atomic E-state index is 12.5. The van der Waals surface area contributed by atoms with Crippen molar-refractivity contribution in [1.82, 2.24) is 20.2 Å². The fourth-order valence-corrected chi connectivity index (χ4v) is 3.00. The number of piperidine rings is 1. The predicted molar refractivity (Wildman–Crippen MR) is 97.2 cm³/mol. The van der Waals surface area contributed by atoms with Gasteiger partial charge in [-0.1, -0.05) is 6.92 Å². The highest BCUT2D eigenvalue weighted by molar-refractivity contribution is 5.91. The third-order valence-electron chi connectivity index (χ3n) is 4.38. The number of likely N-dealkylation sites (tertiary alicyclic amines) is 1. The van der Waals surface area contributed by atoms with Gasteiger partial charge in [-0.25, -0.2) is 9.78 Å². The van der Waals surface area contributed by atoms with Gasteiger partial charge in [0.15, 0.2) is 5.82 Å². The predicted octanol–water partition coefficient (Wildman–Crippen LogP) is 2.03. The van der Waals surface area contributed by atoms with Crippen molar-refractivity contribution < 1.29 is 19.1 Å². The van der Waals surface area contributed by atoms with E-state index in [1.54, 1.807) is 12.0 Å². The first-order valence-corrected chi connectivity index (χ1v) is 9.01. The van der Waals surface area contributed by atoms with E-state index in [4.69, 9.17) is 9.47 Å². The number of imidazole rings is 1. The smallest absolute Gasteiger partial charge is 0.410 e. The number of H-pyrrole nitrogens is 1. The zero-order chi connectivity index (χ0) is 19.5. The molecule has 0 bridgehead atoms. The van der Waals surface area contributed by atoms with Crippen molar-refractivity contribution in [3.8, 4) is 0 Å². The van der Waals surface area contributed by atoms with E-state index in [9.17, 15) is 9.59 Å². The number of rotatable bonds is 4. The van der Waals surface area contributed by atoms with Gasteiger partial charge in [-0.05, 0) is 40.5 Å². The molecule has 1 aliphatic rings. The van der Waals surface area contributed by atoms with Gasteiger partial charge < -0.3 is 24.7 Å². The Morgan fingerprint density at radius 3 is 2.62 bits per heavy atom. The molecule has 1 aromatic heterocycles. The Labute approximate surface area is 154 Å². The summed E-state index contributed by atoms with van der Waals surface area (Å²) >= 11 is 0. The zero-order valence-corrected chi connectivity index (χ0v) is 16.5. The fraction of sp³-hybridized carbons (Fsp3) is 0.722. The van der Waals surface area contributed by atoms with Gasteiger partial charge in [0.05, 0.1) is 24.4 Å². The van der Waals surface area contributed by atoms with Crippen LogP contribution in [0.5, 0.6) is 0 Å². The molecule has 2 N–H and O–H groups in total. The molecule has 0 aromatic carbocycles. The van der Waals surface area contributed by atoms with E-state index in [0.717, 1.165) is 17.8 Å². The second-order valence-electron chi connectivity index (χ2n) is 7.57. The molecule has 8 heteroatoms. The van der Waals surface area contributed by atoms with Crippen molar-refractivity contribution in [1.29, 1.82) is 0 Å². The lowest BCUT2D eigenvalue weighted by atomic mass is 10.0. The van der Waals surface area contributed by atoms with E-state index in [2.05, 4.69) is 15.3 Å². The normalized spacial score (nSPS) is 20.8. The van der Waals surface area contributed by atoms with E-state index in [-0.39, 0.29) is 24.1 Å². The topological polar surface area (TPSA) is 96.6 Å². The van der Waals surface area contributed by atoms with Gasteiger partial charge in [0.25, 0.3) is 5.91 Å². The van der Waals surface area contributed by atoms with Crippen molar-refractivity contribution in [3.05, 3.63) is 17.2 Å². The van der Waals surface area contributed by atoms with E-state index >= 15 is 0 Å². The molecule has 2 atom stereocenters. The number of aryl methyl sites for hydroxylation is 2. The Bertz CT molecular complexity index is 650. The maximum Gasteiger partial charge on any atom is 0.410 e. The molecule has 26 heavy (non-hydrogen) atoms. The number of hydrogen-bond acceptors (Lipinski definition) is 5. The van der Waals surface area contributed by atoms with Crippen LogP contribution >= 0.6 is 0 Å². The number of aromatic nitrogens is 2. The summed E-state index contributed by atoms with van der Waals surface area (Å²) < 4.78 is 10.9. The number of amides is 2. The Hall–Kier alpha value is -2.09. The summed E-state index contributed by atoms with van der Waals surface area (Å²) in [7, 11) is 1.58. The number of methoxy groups -OCH3 is 1. The molecule has 2 heterocycles.